The van der Waals surface area contributed by atoms with Gasteiger partial charge < -0.3 is 0 Å². The minimum Gasteiger partial charge on any atom is -0.258 e. The molecule has 0 fully saturated rings. The smallest absolute Gasteiger partial charge is 0.258 e. The molecule has 0 amide bonds. The first kappa shape index (κ1) is 12.0. The van der Waals surface area contributed by atoms with E-state index >= 15 is 0 Å². The Balaban J connectivity index is 3.24. The van der Waals surface area contributed by atoms with Crippen LogP contribution in [-0.4, -0.2) is 10.3 Å². The number of benzene rings is 1. The number of hydrogen-bond donors (Lipinski definition) is 0. The van der Waals surface area contributed by atoms with Gasteiger partial charge >= 0.3 is 0 Å². The molecule has 15 heavy (non-hydrogen) atoms. The normalized spacial score (nSPS) is 14.7. The lowest BCUT2D eigenvalue weighted by atomic mass is 9.95. The van der Waals surface area contributed by atoms with Crippen LogP contribution in [0, 0.1) is 17.0 Å². The molecule has 0 saturated carbocycles. The Morgan fingerprint density at radius 3 is 2.47 bits per heavy atom. The maximum atomic E-state index is 10.8. The van der Waals surface area contributed by atoms with Gasteiger partial charge in [0.05, 0.1) is 4.92 Å². The molecule has 82 valence electrons. The van der Waals surface area contributed by atoms with Gasteiger partial charge in [0.2, 0.25) is 0 Å². The zero-order chi connectivity index (χ0) is 11.6. The standard InChI is InChI=1S/C11H14ClNO2/c1-7-4-5-11(13(14)15)10(6-7)8(2)9(3)12/h4-6,8-9H,1-3H3. The number of aryl methyl sites for hydroxylation is 1. The van der Waals surface area contributed by atoms with Gasteiger partial charge in [-0.05, 0) is 19.9 Å². The van der Waals surface area contributed by atoms with E-state index < -0.39 is 0 Å². The summed E-state index contributed by atoms with van der Waals surface area (Å²) >= 11 is 5.97. The van der Waals surface area contributed by atoms with Crippen LogP contribution < -0.4 is 0 Å². The minimum atomic E-state index is -0.357. The first-order valence-electron chi connectivity index (χ1n) is 4.82. The summed E-state index contributed by atoms with van der Waals surface area (Å²) in [6.07, 6.45) is 0. The lowest BCUT2D eigenvalue weighted by molar-refractivity contribution is -0.385. The lowest BCUT2D eigenvalue weighted by Crippen LogP contribution is -2.08. The molecule has 0 saturated heterocycles. The van der Waals surface area contributed by atoms with Crippen molar-refractivity contribution in [2.75, 3.05) is 0 Å². The van der Waals surface area contributed by atoms with Gasteiger partial charge in [-0.3, -0.25) is 10.1 Å². The van der Waals surface area contributed by atoms with E-state index in [-0.39, 0.29) is 21.9 Å². The Bertz CT molecular complexity index is 377. The van der Waals surface area contributed by atoms with Gasteiger partial charge in [0.25, 0.3) is 5.69 Å². The van der Waals surface area contributed by atoms with Crippen LogP contribution in [0.5, 0.6) is 0 Å². The second-order valence-corrected chi connectivity index (χ2v) is 4.47. The predicted octanol–water partition coefficient (Wildman–Crippen LogP) is 3.63. The zero-order valence-electron chi connectivity index (χ0n) is 9.03. The molecule has 0 aliphatic carbocycles. The number of nitro groups is 1. The first-order valence-corrected chi connectivity index (χ1v) is 5.26. The van der Waals surface area contributed by atoms with Crippen molar-refractivity contribution in [3.05, 3.63) is 39.4 Å². The third kappa shape index (κ3) is 2.69. The largest absolute Gasteiger partial charge is 0.272 e. The highest BCUT2D eigenvalue weighted by molar-refractivity contribution is 6.20. The van der Waals surface area contributed by atoms with Crippen molar-refractivity contribution in [2.24, 2.45) is 0 Å². The molecular weight excluding hydrogens is 214 g/mol. The molecule has 3 nitrogen and oxygen atoms in total. The van der Waals surface area contributed by atoms with Gasteiger partial charge in [0.15, 0.2) is 0 Å². The minimum absolute atomic E-state index is 0.0213. The summed E-state index contributed by atoms with van der Waals surface area (Å²) < 4.78 is 0. The number of rotatable bonds is 3. The molecule has 0 aliphatic heterocycles. The summed E-state index contributed by atoms with van der Waals surface area (Å²) in [5, 5.41) is 10.7. The molecule has 0 bridgehead atoms. The van der Waals surface area contributed by atoms with Crippen LogP contribution in [-0.2, 0) is 0 Å². The van der Waals surface area contributed by atoms with Crippen molar-refractivity contribution in [3.8, 4) is 0 Å². The van der Waals surface area contributed by atoms with Gasteiger partial charge in [-0.2, -0.15) is 0 Å². The van der Waals surface area contributed by atoms with Crippen molar-refractivity contribution < 1.29 is 4.92 Å². The molecular formula is C11H14ClNO2. The van der Waals surface area contributed by atoms with E-state index in [4.69, 9.17) is 11.6 Å². The molecule has 0 aromatic heterocycles. The average Bonchev–Trinajstić information content (AvgIpc) is 2.15. The topological polar surface area (TPSA) is 43.1 Å². The SMILES string of the molecule is Cc1ccc([N+](=O)[O-])c(C(C)C(C)Cl)c1. The predicted molar refractivity (Wildman–Crippen MR) is 61.6 cm³/mol. The first-order chi connectivity index (χ1) is 6.93. The van der Waals surface area contributed by atoms with Gasteiger partial charge in [-0.15, -0.1) is 11.6 Å². The monoisotopic (exact) mass is 227 g/mol. The molecule has 0 heterocycles. The molecule has 0 aliphatic rings. The van der Waals surface area contributed by atoms with Crippen LogP contribution in [0.2, 0.25) is 0 Å². The van der Waals surface area contributed by atoms with E-state index in [2.05, 4.69) is 0 Å². The fourth-order valence-electron chi connectivity index (χ4n) is 1.45. The Morgan fingerprint density at radius 1 is 1.40 bits per heavy atom. The molecule has 0 N–H and O–H groups in total. The Morgan fingerprint density at radius 2 is 2.00 bits per heavy atom. The fraction of sp³-hybridized carbons (Fsp3) is 0.455. The Hall–Kier alpha value is -1.09. The van der Waals surface area contributed by atoms with Gasteiger partial charge in [-0.25, -0.2) is 0 Å². The van der Waals surface area contributed by atoms with Crippen LogP contribution >= 0.6 is 11.6 Å². The maximum Gasteiger partial charge on any atom is 0.272 e. The second-order valence-electron chi connectivity index (χ2n) is 3.79. The van der Waals surface area contributed by atoms with Crippen LogP contribution in [0.25, 0.3) is 0 Å². The molecule has 1 aromatic rings. The summed E-state index contributed by atoms with van der Waals surface area (Å²) in [6.45, 7) is 5.66. The van der Waals surface area contributed by atoms with Crippen molar-refractivity contribution in [2.45, 2.75) is 32.1 Å². The number of halogens is 1. The molecule has 0 radical (unpaired) electrons. The van der Waals surface area contributed by atoms with Crippen molar-refractivity contribution in [1.82, 2.24) is 0 Å². The highest BCUT2D eigenvalue weighted by Gasteiger charge is 2.21. The lowest BCUT2D eigenvalue weighted by Gasteiger charge is -2.14. The van der Waals surface area contributed by atoms with Crippen LogP contribution in [0.3, 0.4) is 0 Å². The number of alkyl halides is 1. The zero-order valence-corrected chi connectivity index (χ0v) is 9.78. The van der Waals surface area contributed by atoms with Gasteiger partial charge in [-0.1, -0.05) is 18.6 Å². The van der Waals surface area contributed by atoms with E-state index in [0.29, 0.717) is 5.56 Å². The summed E-state index contributed by atoms with van der Waals surface area (Å²) in [4.78, 5) is 10.5. The van der Waals surface area contributed by atoms with Crippen molar-refractivity contribution in [1.29, 1.82) is 0 Å². The highest BCUT2D eigenvalue weighted by Crippen LogP contribution is 2.31. The van der Waals surface area contributed by atoms with Gasteiger partial charge in [0.1, 0.15) is 0 Å². The molecule has 4 heteroatoms. The van der Waals surface area contributed by atoms with E-state index in [9.17, 15) is 10.1 Å². The maximum absolute atomic E-state index is 10.8. The quantitative estimate of drug-likeness (QED) is 0.450. The molecule has 2 unspecified atom stereocenters. The fourth-order valence-corrected chi connectivity index (χ4v) is 1.59. The summed E-state index contributed by atoms with van der Waals surface area (Å²) in [6, 6.07) is 5.12. The summed E-state index contributed by atoms with van der Waals surface area (Å²) in [7, 11) is 0. The van der Waals surface area contributed by atoms with Crippen molar-refractivity contribution in [3.63, 3.8) is 0 Å². The van der Waals surface area contributed by atoms with E-state index in [1.807, 2.05) is 26.8 Å². The molecule has 2 atom stereocenters. The molecule has 1 aromatic carbocycles. The number of hydrogen-bond acceptors (Lipinski definition) is 2. The molecule has 1 rings (SSSR count). The Labute approximate surface area is 94.2 Å². The molecule has 0 spiro atoms. The summed E-state index contributed by atoms with van der Waals surface area (Å²) in [5.41, 5.74) is 1.88. The number of nitro benzene ring substituents is 1. The number of nitrogens with zero attached hydrogens (tertiary/aromatic N) is 1. The third-order valence-electron chi connectivity index (χ3n) is 2.56. The van der Waals surface area contributed by atoms with E-state index in [0.717, 1.165) is 5.56 Å². The van der Waals surface area contributed by atoms with Crippen molar-refractivity contribution >= 4 is 17.3 Å². The van der Waals surface area contributed by atoms with Crippen LogP contribution in [0.4, 0.5) is 5.69 Å². The third-order valence-corrected chi connectivity index (χ3v) is 2.94. The van der Waals surface area contributed by atoms with E-state index in [1.54, 1.807) is 12.1 Å². The highest BCUT2D eigenvalue weighted by atomic mass is 35.5. The van der Waals surface area contributed by atoms with Crippen LogP contribution in [0.15, 0.2) is 18.2 Å². The average molecular weight is 228 g/mol. The summed E-state index contributed by atoms with van der Waals surface area (Å²) in [5.74, 6) is -0.0213. The van der Waals surface area contributed by atoms with E-state index in [1.165, 1.54) is 0 Å². The Kier molecular flexibility index (Phi) is 3.69. The second kappa shape index (κ2) is 4.62. The van der Waals surface area contributed by atoms with Gasteiger partial charge in [0, 0.05) is 22.9 Å². The van der Waals surface area contributed by atoms with Crippen LogP contribution in [0.1, 0.15) is 30.9 Å².